The molecule has 1 heterocycles. The molecule has 1 saturated heterocycles. The van der Waals surface area contributed by atoms with Crippen LogP contribution in [-0.4, -0.2) is 24.1 Å². The molecular formula is C11H27NS. The van der Waals surface area contributed by atoms with E-state index in [1.807, 2.05) is 0 Å². The third-order valence-corrected chi connectivity index (χ3v) is 4.16. The van der Waals surface area contributed by atoms with Crippen molar-refractivity contribution in [1.82, 2.24) is 5.32 Å². The lowest BCUT2D eigenvalue weighted by Gasteiger charge is -2.35. The zero-order chi connectivity index (χ0) is 10.2. The number of nitrogens with one attached hydrogen (secondary N) is 1. The minimum Gasteiger partial charge on any atom is -0.317 e. The summed E-state index contributed by atoms with van der Waals surface area (Å²) in [6.07, 6.45) is 7.53. The minimum absolute atomic E-state index is 0. The van der Waals surface area contributed by atoms with Gasteiger partial charge in [-0.1, -0.05) is 27.2 Å². The topological polar surface area (TPSA) is 12.0 Å². The maximum atomic E-state index is 3.39. The van der Waals surface area contributed by atoms with Crippen LogP contribution in [0.2, 0.25) is 0 Å². The fourth-order valence-electron chi connectivity index (χ4n) is 1.58. The molecule has 0 atom stereocenters. The van der Waals surface area contributed by atoms with E-state index in [4.69, 9.17) is 0 Å². The summed E-state index contributed by atoms with van der Waals surface area (Å²) in [5.41, 5.74) is 0. The molecule has 0 aromatic rings. The molecule has 1 aliphatic rings. The zero-order valence-electron chi connectivity index (χ0n) is 9.65. The van der Waals surface area contributed by atoms with Crippen molar-refractivity contribution in [2.45, 2.75) is 51.2 Å². The first kappa shape index (κ1) is 13.3. The van der Waals surface area contributed by atoms with Crippen LogP contribution in [0, 0.1) is 0 Å². The molecule has 0 spiro atoms. The second-order valence-corrected chi connectivity index (χ2v) is 4.97. The fourth-order valence-corrected chi connectivity index (χ4v) is 2.49. The third kappa shape index (κ3) is 4.92. The van der Waals surface area contributed by atoms with Crippen molar-refractivity contribution in [3.8, 4) is 0 Å². The fraction of sp³-hybridized carbons (Fsp3) is 1.00. The van der Waals surface area contributed by atoms with Crippen LogP contribution < -0.4 is 5.32 Å². The van der Waals surface area contributed by atoms with Crippen LogP contribution in [0.4, 0.5) is 0 Å². The molecule has 1 aliphatic heterocycles. The Morgan fingerprint density at radius 2 is 1.69 bits per heavy atom. The number of piperidine rings is 1. The van der Waals surface area contributed by atoms with Crippen LogP contribution in [0.3, 0.4) is 0 Å². The molecule has 0 unspecified atom stereocenters. The monoisotopic (exact) mass is 205 g/mol. The van der Waals surface area contributed by atoms with Crippen molar-refractivity contribution in [2.75, 3.05) is 19.3 Å². The standard InChI is InChI=1S/C8H17NS.C3H8.H2/c1-3-8(10-2)4-6-9-7-5-8;1-3-2;/h9H,3-7H2,1-2H3;3H2,1-2H3;1H. The Bertz CT molecular complexity index is 108. The lowest BCUT2D eigenvalue weighted by atomic mass is 9.94. The predicted molar refractivity (Wildman–Crippen MR) is 66.7 cm³/mol. The molecule has 1 nitrogen and oxygen atoms in total. The third-order valence-electron chi connectivity index (χ3n) is 2.59. The smallest absolute Gasteiger partial charge is 0.0178 e. The van der Waals surface area contributed by atoms with Crippen molar-refractivity contribution < 1.29 is 1.43 Å². The molecule has 0 radical (unpaired) electrons. The van der Waals surface area contributed by atoms with Gasteiger partial charge in [0.25, 0.3) is 0 Å². The van der Waals surface area contributed by atoms with Gasteiger partial charge in [0, 0.05) is 6.17 Å². The maximum Gasteiger partial charge on any atom is 0.0178 e. The highest BCUT2D eigenvalue weighted by molar-refractivity contribution is 8.00. The summed E-state index contributed by atoms with van der Waals surface area (Å²) in [6.45, 7) is 8.99. The van der Waals surface area contributed by atoms with Gasteiger partial charge in [-0.3, -0.25) is 0 Å². The molecule has 0 bridgehead atoms. The largest absolute Gasteiger partial charge is 0.317 e. The Labute approximate surface area is 89.5 Å². The van der Waals surface area contributed by atoms with Crippen LogP contribution in [-0.2, 0) is 0 Å². The highest BCUT2D eigenvalue weighted by Crippen LogP contribution is 2.34. The van der Waals surface area contributed by atoms with E-state index in [0.717, 1.165) is 0 Å². The number of rotatable bonds is 2. The highest BCUT2D eigenvalue weighted by atomic mass is 32.2. The summed E-state index contributed by atoms with van der Waals surface area (Å²) < 4.78 is 0.616. The lowest BCUT2D eigenvalue weighted by molar-refractivity contribution is 0.405. The average molecular weight is 205 g/mol. The molecule has 0 aromatic heterocycles. The van der Waals surface area contributed by atoms with Gasteiger partial charge in [0.1, 0.15) is 0 Å². The lowest BCUT2D eigenvalue weighted by Crippen LogP contribution is -2.38. The quantitative estimate of drug-likeness (QED) is 0.740. The zero-order valence-corrected chi connectivity index (χ0v) is 10.5. The molecule has 1 N–H and O–H groups in total. The van der Waals surface area contributed by atoms with Crippen LogP contribution in [0.25, 0.3) is 0 Å². The number of hydrogen-bond acceptors (Lipinski definition) is 2. The normalized spacial score (nSPS) is 20.3. The highest BCUT2D eigenvalue weighted by Gasteiger charge is 2.28. The van der Waals surface area contributed by atoms with Crippen LogP contribution in [0.5, 0.6) is 0 Å². The van der Waals surface area contributed by atoms with Crippen molar-refractivity contribution >= 4 is 11.8 Å². The van der Waals surface area contributed by atoms with Crippen LogP contribution in [0.1, 0.15) is 47.9 Å². The second-order valence-electron chi connectivity index (χ2n) is 3.70. The Hall–Kier alpha value is 0.310. The van der Waals surface area contributed by atoms with Gasteiger partial charge in [0.15, 0.2) is 0 Å². The maximum absolute atomic E-state index is 3.39. The van der Waals surface area contributed by atoms with E-state index in [9.17, 15) is 0 Å². The van der Waals surface area contributed by atoms with Crippen molar-refractivity contribution in [1.29, 1.82) is 0 Å². The van der Waals surface area contributed by atoms with E-state index >= 15 is 0 Å². The Morgan fingerprint density at radius 1 is 1.23 bits per heavy atom. The molecule has 0 aliphatic carbocycles. The van der Waals surface area contributed by atoms with Gasteiger partial charge >= 0.3 is 0 Å². The van der Waals surface area contributed by atoms with E-state index in [1.165, 1.54) is 38.8 Å². The summed E-state index contributed by atoms with van der Waals surface area (Å²) in [5, 5.41) is 3.39. The SMILES string of the molecule is CCC.CCC1(SC)CCNCC1.[HH]. The van der Waals surface area contributed by atoms with Gasteiger partial charge < -0.3 is 5.32 Å². The molecule has 13 heavy (non-hydrogen) atoms. The Morgan fingerprint density at radius 3 is 1.92 bits per heavy atom. The van der Waals surface area contributed by atoms with Crippen molar-refractivity contribution in [3.63, 3.8) is 0 Å². The van der Waals surface area contributed by atoms with E-state index in [-0.39, 0.29) is 1.43 Å². The second kappa shape index (κ2) is 7.69. The summed E-state index contributed by atoms with van der Waals surface area (Å²) in [7, 11) is 0. The Kier molecular flexibility index (Phi) is 7.87. The van der Waals surface area contributed by atoms with Gasteiger partial charge in [-0.2, -0.15) is 11.8 Å². The van der Waals surface area contributed by atoms with E-state index < -0.39 is 0 Å². The summed E-state index contributed by atoms with van der Waals surface area (Å²) in [6, 6.07) is 0. The van der Waals surface area contributed by atoms with Crippen LogP contribution >= 0.6 is 11.8 Å². The van der Waals surface area contributed by atoms with Gasteiger partial charge in [-0.15, -0.1) is 0 Å². The van der Waals surface area contributed by atoms with Gasteiger partial charge in [-0.25, -0.2) is 0 Å². The van der Waals surface area contributed by atoms with E-state index in [0.29, 0.717) is 4.75 Å². The molecule has 1 fully saturated rings. The number of hydrogen-bond donors (Lipinski definition) is 1. The first-order chi connectivity index (χ1) is 6.24. The van der Waals surface area contributed by atoms with Gasteiger partial charge in [-0.05, 0) is 38.6 Å². The van der Waals surface area contributed by atoms with Crippen LogP contribution in [0.15, 0.2) is 0 Å². The molecule has 2 heteroatoms. The molecule has 0 aromatic carbocycles. The van der Waals surface area contributed by atoms with E-state index in [2.05, 4.69) is 44.1 Å². The summed E-state index contributed by atoms with van der Waals surface area (Å²) in [5.74, 6) is 0. The van der Waals surface area contributed by atoms with E-state index in [1.54, 1.807) is 0 Å². The molecular weight excluding hydrogens is 178 g/mol. The predicted octanol–water partition coefficient (Wildman–Crippen LogP) is 3.54. The van der Waals surface area contributed by atoms with Crippen molar-refractivity contribution in [3.05, 3.63) is 0 Å². The number of thioether (sulfide) groups is 1. The summed E-state index contributed by atoms with van der Waals surface area (Å²) in [4.78, 5) is 0. The molecule has 1 rings (SSSR count). The van der Waals surface area contributed by atoms with Gasteiger partial charge in [0.05, 0.1) is 0 Å². The van der Waals surface area contributed by atoms with Gasteiger partial charge in [0.2, 0.25) is 0 Å². The molecule has 0 amide bonds. The Balaban J connectivity index is 0. The first-order valence-corrected chi connectivity index (χ1v) is 6.73. The van der Waals surface area contributed by atoms with Crippen molar-refractivity contribution in [2.24, 2.45) is 0 Å². The molecule has 82 valence electrons. The first-order valence-electron chi connectivity index (χ1n) is 5.50. The summed E-state index contributed by atoms with van der Waals surface area (Å²) >= 11 is 2.05. The average Bonchev–Trinajstić information content (AvgIpc) is 2.20. The minimum atomic E-state index is 0. The molecule has 0 saturated carbocycles.